The van der Waals surface area contributed by atoms with Crippen molar-refractivity contribution in [2.45, 2.75) is 58.7 Å². The summed E-state index contributed by atoms with van der Waals surface area (Å²) >= 11 is 0.395. The maximum atomic E-state index is 13.0. The highest BCUT2D eigenvalue weighted by Crippen LogP contribution is 2.35. The highest BCUT2D eigenvalue weighted by Gasteiger charge is 2.38. The van der Waals surface area contributed by atoms with Crippen molar-refractivity contribution in [1.82, 2.24) is 14.8 Å². The van der Waals surface area contributed by atoms with Crippen molar-refractivity contribution in [2.75, 3.05) is 5.32 Å². The van der Waals surface area contributed by atoms with Crippen molar-refractivity contribution in [3.8, 4) is 0 Å². The van der Waals surface area contributed by atoms with Gasteiger partial charge in [-0.1, -0.05) is 20.8 Å². The molecule has 2 aromatic rings. The van der Waals surface area contributed by atoms with E-state index in [1.54, 1.807) is 10.7 Å². The number of aromatic nitrogens is 3. The lowest BCUT2D eigenvalue weighted by Gasteiger charge is -2.23. The summed E-state index contributed by atoms with van der Waals surface area (Å²) in [6, 6.07) is 1.68. The second-order valence-electron chi connectivity index (χ2n) is 7.73. The maximum absolute atomic E-state index is 13.0. The summed E-state index contributed by atoms with van der Waals surface area (Å²) in [6.45, 7) is 11.6. The highest BCUT2D eigenvalue weighted by atomic mass is 32.1. The van der Waals surface area contributed by atoms with Crippen LogP contribution in [0.3, 0.4) is 0 Å². The molecule has 0 aromatic carbocycles. The van der Waals surface area contributed by atoms with Crippen LogP contribution < -0.4 is 5.32 Å². The van der Waals surface area contributed by atoms with Crippen LogP contribution in [-0.2, 0) is 17.1 Å². The van der Waals surface area contributed by atoms with Gasteiger partial charge in [0.1, 0.15) is 10.7 Å². The molecule has 0 aliphatic carbocycles. The summed E-state index contributed by atoms with van der Waals surface area (Å²) in [6.07, 6.45) is -4.62. The standard InChI is InChI=1S/C16H21F3N4OS/c1-14(2,3)9-7-10(23(22-9)15(4,5)6)21-13(24)11-12(16(17,18)19)25-8-20-11/h7-8H,1-6H3,(H,21,24). The van der Waals surface area contributed by atoms with Gasteiger partial charge in [0, 0.05) is 11.5 Å². The fourth-order valence-corrected chi connectivity index (χ4v) is 2.79. The van der Waals surface area contributed by atoms with Crippen molar-refractivity contribution in [3.63, 3.8) is 0 Å². The summed E-state index contributed by atoms with van der Waals surface area (Å²) < 4.78 is 40.6. The Labute approximate surface area is 148 Å². The number of carbonyl (C=O) groups excluding carboxylic acids is 1. The predicted octanol–water partition coefficient (Wildman–Crippen LogP) is 4.66. The highest BCUT2D eigenvalue weighted by molar-refractivity contribution is 7.10. The van der Waals surface area contributed by atoms with Crippen LogP contribution in [-0.4, -0.2) is 20.7 Å². The lowest BCUT2D eigenvalue weighted by atomic mass is 9.92. The van der Waals surface area contributed by atoms with Gasteiger partial charge in [-0.3, -0.25) is 4.79 Å². The molecule has 1 amide bonds. The van der Waals surface area contributed by atoms with E-state index in [4.69, 9.17) is 0 Å². The Bertz CT molecular complexity index is 779. The minimum Gasteiger partial charge on any atom is -0.305 e. The molecule has 138 valence electrons. The number of carbonyl (C=O) groups is 1. The molecule has 0 aliphatic heterocycles. The Hall–Kier alpha value is -1.90. The molecule has 0 fully saturated rings. The van der Waals surface area contributed by atoms with Gasteiger partial charge in [0.25, 0.3) is 5.91 Å². The first-order chi connectivity index (χ1) is 11.2. The third kappa shape index (κ3) is 4.20. The number of amides is 1. The predicted molar refractivity (Wildman–Crippen MR) is 91.0 cm³/mol. The van der Waals surface area contributed by atoms with Crippen molar-refractivity contribution >= 4 is 23.1 Å². The summed E-state index contributed by atoms with van der Waals surface area (Å²) in [5, 5.41) is 7.05. The van der Waals surface area contributed by atoms with Crippen LogP contribution in [0.15, 0.2) is 11.6 Å². The van der Waals surface area contributed by atoms with Crippen LogP contribution in [0.4, 0.5) is 19.0 Å². The summed E-state index contributed by atoms with van der Waals surface area (Å²) in [5.41, 5.74) is 0.386. The molecule has 0 saturated carbocycles. The summed E-state index contributed by atoms with van der Waals surface area (Å²) in [4.78, 5) is 14.9. The molecule has 0 aliphatic rings. The SMILES string of the molecule is CC(C)(C)c1cc(NC(=O)c2ncsc2C(F)(F)F)n(C(C)(C)C)n1. The number of halogens is 3. The minimum absolute atomic E-state index is 0.270. The van der Waals surface area contributed by atoms with Gasteiger partial charge < -0.3 is 5.32 Å². The van der Waals surface area contributed by atoms with E-state index in [9.17, 15) is 18.0 Å². The molecular weight excluding hydrogens is 353 g/mol. The van der Waals surface area contributed by atoms with Gasteiger partial charge in [0.05, 0.1) is 16.7 Å². The molecule has 1 N–H and O–H groups in total. The second kappa shape index (κ2) is 6.12. The molecular formula is C16H21F3N4OS. The molecule has 0 spiro atoms. The number of hydrogen-bond acceptors (Lipinski definition) is 4. The maximum Gasteiger partial charge on any atom is 0.427 e. The van der Waals surface area contributed by atoms with Crippen LogP contribution >= 0.6 is 11.3 Å². The zero-order valence-electron chi connectivity index (χ0n) is 14.9. The lowest BCUT2D eigenvalue weighted by Crippen LogP contribution is -2.28. The van der Waals surface area contributed by atoms with E-state index in [-0.39, 0.29) is 5.41 Å². The number of hydrogen-bond donors (Lipinski definition) is 1. The van der Waals surface area contributed by atoms with Crippen molar-refractivity contribution in [2.24, 2.45) is 0 Å². The van der Waals surface area contributed by atoms with Gasteiger partial charge in [-0.15, -0.1) is 11.3 Å². The van der Waals surface area contributed by atoms with E-state index in [0.29, 0.717) is 17.2 Å². The minimum atomic E-state index is -4.62. The van der Waals surface area contributed by atoms with Crippen LogP contribution in [0, 0.1) is 0 Å². The Balaban J connectivity index is 2.42. The van der Waals surface area contributed by atoms with E-state index >= 15 is 0 Å². The van der Waals surface area contributed by atoms with Crippen LogP contribution in [0.5, 0.6) is 0 Å². The molecule has 2 aromatic heterocycles. The molecule has 2 heterocycles. The first kappa shape index (κ1) is 19.4. The van der Waals surface area contributed by atoms with Gasteiger partial charge >= 0.3 is 6.18 Å². The van der Waals surface area contributed by atoms with Crippen LogP contribution in [0.2, 0.25) is 0 Å². The van der Waals surface area contributed by atoms with Crippen molar-refractivity contribution in [1.29, 1.82) is 0 Å². The molecule has 9 heteroatoms. The number of alkyl halides is 3. The lowest BCUT2D eigenvalue weighted by molar-refractivity contribution is -0.134. The third-order valence-electron chi connectivity index (χ3n) is 3.39. The van der Waals surface area contributed by atoms with E-state index in [0.717, 1.165) is 11.2 Å². The zero-order valence-corrected chi connectivity index (χ0v) is 15.8. The fourth-order valence-electron chi connectivity index (χ4n) is 2.13. The van der Waals surface area contributed by atoms with Gasteiger partial charge in [0.2, 0.25) is 0 Å². The average molecular weight is 374 g/mol. The van der Waals surface area contributed by atoms with E-state index < -0.39 is 28.2 Å². The van der Waals surface area contributed by atoms with E-state index in [1.807, 2.05) is 41.5 Å². The molecule has 0 bridgehead atoms. The number of nitrogens with zero attached hydrogens (tertiary/aromatic N) is 3. The van der Waals surface area contributed by atoms with Crippen molar-refractivity contribution < 1.29 is 18.0 Å². The van der Waals surface area contributed by atoms with Gasteiger partial charge in [-0.25, -0.2) is 9.67 Å². The van der Waals surface area contributed by atoms with Gasteiger partial charge in [-0.05, 0) is 20.8 Å². The Morgan fingerprint density at radius 3 is 2.24 bits per heavy atom. The monoisotopic (exact) mass is 374 g/mol. The molecule has 0 radical (unpaired) electrons. The van der Waals surface area contributed by atoms with E-state index in [2.05, 4.69) is 15.4 Å². The largest absolute Gasteiger partial charge is 0.427 e. The molecule has 0 atom stereocenters. The Morgan fingerprint density at radius 1 is 1.16 bits per heavy atom. The Kier molecular flexibility index (Phi) is 4.75. The van der Waals surface area contributed by atoms with Crippen molar-refractivity contribution in [3.05, 3.63) is 27.8 Å². The zero-order chi connectivity index (χ0) is 19.2. The number of nitrogens with one attached hydrogen (secondary N) is 1. The second-order valence-corrected chi connectivity index (χ2v) is 8.58. The first-order valence-electron chi connectivity index (χ1n) is 7.64. The van der Waals surface area contributed by atoms with Crippen LogP contribution in [0.25, 0.3) is 0 Å². The quantitative estimate of drug-likeness (QED) is 0.831. The van der Waals surface area contributed by atoms with Gasteiger partial charge in [-0.2, -0.15) is 18.3 Å². The molecule has 25 heavy (non-hydrogen) atoms. The number of anilines is 1. The van der Waals surface area contributed by atoms with Crippen LogP contribution in [0.1, 0.15) is 62.6 Å². The third-order valence-corrected chi connectivity index (χ3v) is 4.27. The van der Waals surface area contributed by atoms with E-state index in [1.165, 1.54) is 0 Å². The fraction of sp³-hybridized carbons (Fsp3) is 0.562. The normalized spacial score (nSPS) is 13.2. The molecule has 0 unspecified atom stereocenters. The number of thiazole rings is 1. The molecule has 5 nitrogen and oxygen atoms in total. The Morgan fingerprint density at radius 2 is 1.76 bits per heavy atom. The topological polar surface area (TPSA) is 59.8 Å². The summed E-state index contributed by atoms with van der Waals surface area (Å²) in [7, 11) is 0. The smallest absolute Gasteiger partial charge is 0.305 e. The summed E-state index contributed by atoms with van der Waals surface area (Å²) in [5.74, 6) is -0.567. The molecule has 2 rings (SSSR count). The first-order valence-corrected chi connectivity index (χ1v) is 8.52. The number of rotatable bonds is 2. The van der Waals surface area contributed by atoms with Gasteiger partial charge in [0.15, 0.2) is 5.69 Å². The average Bonchev–Trinajstić information content (AvgIpc) is 3.02. The molecule has 0 saturated heterocycles.